The first-order valence-corrected chi connectivity index (χ1v) is 7.69. The van der Waals surface area contributed by atoms with Crippen LogP contribution in [-0.2, 0) is 9.53 Å². The normalized spacial score (nSPS) is 11.4. The number of hydrogen-bond donors (Lipinski definition) is 1. The van der Waals surface area contributed by atoms with Gasteiger partial charge >= 0.3 is 5.97 Å². The lowest BCUT2D eigenvalue weighted by Gasteiger charge is -2.16. The van der Waals surface area contributed by atoms with Gasteiger partial charge in [0.2, 0.25) is 11.7 Å². The van der Waals surface area contributed by atoms with E-state index < -0.39 is 12.1 Å². The molecule has 0 saturated heterocycles. The van der Waals surface area contributed by atoms with Crippen LogP contribution in [0, 0.1) is 0 Å². The number of para-hydroxylation sites is 1. The zero-order valence-electron chi connectivity index (χ0n) is 13.6. The summed E-state index contributed by atoms with van der Waals surface area (Å²) in [7, 11) is 0. The van der Waals surface area contributed by atoms with Crippen molar-refractivity contribution in [1.29, 1.82) is 0 Å². The van der Waals surface area contributed by atoms with Gasteiger partial charge in [0.15, 0.2) is 6.10 Å². The Morgan fingerprint density at radius 1 is 1.00 bits per heavy atom. The zero-order valence-corrected chi connectivity index (χ0v) is 13.6. The summed E-state index contributed by atoms with van der Waals surface area (Å²) in [5.74, 6) is -1.18. The fourth-order valence-corrected chi connectivity index (χ4v) is 2.26. The Kier molecular flexibility index (Phi) is 5.84. The highest BCUT2D eigenvalue weighted by Crippen LogP contribution is 2.18. The Morgan fingerprint density at radius 2 is 1.62 bits per heavy atom. The third-order valence-corrected chi connectivity index (χ3v) is 3.43. The minimum absolute atomic E-state index is 0.215. The maximum absolute atomic E-state index is 12.5. The van der Waals surface area contributed by atoms with E-state index in [0.717, 1.165) is 0 Å². The average molecular weight is 325 g/mol. The lowest BCUT2D eigenvalue weighted by Crippen LogP contribution is -2.27. The van der Waals surface area contributed by atoms with Gasteiger partial charge in [-0.3, -0.25) is 9.59 Å². The van der Waals surface area contributed by atoms with Crippen LogP contribution in [-0.4, -0.2) is 23.8 Å². The predicted octanol–water partition coefficient (Wildman–Crippen LogP) is 3.46. The number of benzene rings is 2. The van der Waals surface area contributed by atoms with Gasteiger partial charge in [0.1, 0.15) is 0 Å². The Labute approximate surface area is 140 Å². The van der Waals surface area contributed by atoms with Gasteiger partial charge in [-0.25, -0.2) is 4.79 Å². The van der Waals surface area contributed by atoms with Crippen molar-refractivity contribution in [3.05, 3.63) is 65.7 Å². The summed E-state index contributed by atoms with van der Waals surface area (Å²) < 4.78 is 5.38. The smallest absolute Gasteiger partial charge is 0.340 e. The SMILES string of the molecule is CC[C@@H](OC(=O)c1ccccc1NC(C)=O)C(=O)c1ccccc1. The molecule has 124 valence electrons. The quantitative estimate of drug-likeness (QED) is 0.652. The first-order chi connectivity index (χ1) is 11.5. The molecule has 0 heterocycles. The van der Waals surface area contributed by atoms with Gasteiger partial charge in [0, 0.05) is 12.5 Å². The van der Waals surface area contributed by atoms with Crippen LogP contribution in [0.5, 0.6) is 0 Å². The lowest BCUT2D eigenvalue weighted by molar-refractivity contribution is -0.114. The predicted molar refractivity (Wildman–Crippen MR) is 91.0 cm³/mol. The number of carbonyl (C=O) groups is 3. The molecule has 2 aromatic carbocycles. The maximum atomic E-state index is 12.5. The van der Waals surface area contributed by atoms with Gasteiger partial charge in [-0.1, -0.05) is 49.4 Å². The molecular formula is C19H19NO4. The molecule has 1 atom stereocenters. The summed E-state index contributed by atoms with van der Waals surface area (Å²) in [6, 6.07) is 15.2. The summed E-state index contributed by atoms with van der Waals surface area (Å²) in [6.07, 6.45) is -0.507. The van der Waals surface area contributed by atoms with Crippen LogP contribution in [0.2, 0.25) is 0 Å². The monoisotopic (exact) mass is 325 g/mol. The Hall–Kier alpha value is -2.95. The topological polar surface area (TPSA) is 72.5 Å². The number of ether oxygens (including phenoxy) is 1. The van der Waals surface area contributed by atoms with E-state index in [1.54, 1.807) is 55.5 Å². The number of anilines is 1. The molecule has 0 fully saturated rings. The minimum Gasteiger partial charge on any atom is -0.450 e. The van der Waals surface area contributed by atoms with Crippen LogP contribution in [0.1, 0.15) is 41.0 Å². The zero-order chi connectivity index (χ0) is 17.5. The summed E-state index contributed by atoms with van der Waals surface area (Å²) in [6.45, 7) is 3.13. The molecule has 1 amide bonds. The molecule has 0 aliphatic rings. The molecule has 0 bridgehead atoms. The number of hydrogen-bond acceptors (Lipinski definition) is 4. The lowest BCUT2D eigenvalue weighted by atomic mass is 10.0. The van der Waals surface area contributed by atoms with E-state index in [1.807, 2.05) is 6.07 Å². The minimum atomic E-state index is -0.870. The van der Waals surface area contributed by atoms with E-state index in [-0.39, 0.29) is 17.3 Å². The molecule has 0 radical (unpaired) electrons. The molecule has 5 nitrogen and oxygen atoms in total. The van der Waals surface area contributed by atoms with Crippen LogP contribution in [0.15, 0.2) is 54.6 Å². The molecule has 0 aliphatic carbocycles. The Bertz CT molecular complexity index is 740. The highest BCUT2D eigenvalue weighted by molar-refractivity contribution is 6.04. The van der Waals surface area contributed by atoms with E-state index in [2.05, 4.69) is 5.32 Å². The fourth-order valence-electron chi connectivity index (χ4n) is 2.26. The largest absolute Gasteiger partial charge is 0.450 e. The summed E-state index contributed by atoms with van der Waals surface area (Å²) >= 11 is 0. The molecule has 0 aliphatic heterocycles. The number of rotatable bonds is 6. The number of nitrogens with one attached hydrogen (secondary N) is 1. The molecule has 24 heavy (non-hydrogen) atoms. The highest BCUT2D eigenvalue weighted by atomic mass is 16.5. The van der Waals surface area contributed by atoms with Gasteiger partial charge in [0.25, 0.3) is 0 Å². The third kappa shape index (κ3) is 4.29. The molecule has 1 N–H and O–H groups in total. The van der Waals surface area contributed by atoms with Crippen molar-refractivity contribution < 1.29 is 19.1 Å². The fraction of sp³-hybridized carbons (Fsp3) is 0.211. The van der Waals surface area contributed by atoms with E-state index in [9.17, 15) is 14.4 Å². The van der Waals surface area contributed by atoms with Crippen molar-refractivity contribution in [1.82, 2.24) is 0 Å². The summed E-state index contributed by atoms with van der Waals surface area (Å²) in [5, 5.41) is 2.58. The van der Waals surface area contributed by atoms with E-state index in [4.69, 9.17) is 4.74 Å². The van der Waals surface area contributed by atoms with Crippen molar-refractivity contribution >= 4 is 23.3 Å². The van der Waals surface area contributed by atoms with E-state index >= 15 is 0 Å². The number of carbonyl (C=O) groups excluding carboxylic acids is 3. The first-order valence-electron chi connectivity index (χ1n) is 7.69. The van der Waals surface area contributed by atoms with Crippen molar-refractivity contribution in [2.24, 2.45) is 0 Å². The molecule has 2 rings (SSSR count). The van der Waals surface area contributed by atoms with Gasteiger partial charge in [-0.05, 0) is 18.6 Å². The standard InChI is InChI=1S/C19H19NO4/c1-3-17(18(22)14-9-5-4-6-10-14)24-19(23)15-11-7-8-12-16(15)20-13(2)21/h4-12,17H,3H2,1-2H3,(H,20,21)/t17-/m1/s1. The van der Waals surface area contributed by atoms with Crippen LogP contribution in [0.25, 0.3) is 0 Å². The molecule has 2 aromatic rings. The molecule has 5 heteroatoms. The van der Waals surface area contributed by atoms with Crippen molar-refractivity contribution in [3.63, 3.8) is 0 Å². The van der Waals surface area contributed by atoms with Crippen molar-refractivity contribution in [3.8, 4) is 0 Å². The number of esters is 1. The van der Waals surface area contributed by atoms with Gasteiger partial charge in [0.05, 0.1) is 11.3 Å². The summed E-state index contributed by atoms with van der Waals surface area (Å²) in [5.41, 5.74) is 1.07. The second-order valence-corrected chi connectivity index (χ2v) is 5.26. The Morgan fingerprint density at radius 3 is 2.25 bits per heavy atom. The third-order valence-electron chi connectivity index (χ3n) is 3.43. The second-order valence-electron chi connectivity index (χ2n) is 5.26. The van der Waals surface area contributed by atoms with Gasteiger partial charge in [-0.15, -0.1) is 0 Å². The number of ketones is 1. The Balaban J connectivity index is 2.18. The molecule has 0 aromatic heterocycles. The summed E-state index contributed by atoms with van der Waals surface area (Å²) in [4.78, 5) is 36.1. The number of Topliss-reactive ketones (excluding diaryl/α,β-unsaturated/α-hetero) is 1. The first kappa shape index (κ1) is 17.4. The van der Waals surface area contributed by atoms with Crippen LogP contribution in [0.4, 0.5) is 5.69 Å². The van der Waals surface area contributed by atoms with Gasteiger partial charge in [-0.2, -0.15) is 0 Å². The molecular weight excluding hydrogens is 306 g/mol. The van der Waals surface area contributed by atoms with Crippen molar-refractivity contribution in [2.45, 2.75) is 26.4 Å². The second kappa shape index (κ2) is 8.06. The molecule has 0 unspecified atom stereocenters. The molecule has 0 saturated carbocycles. The van der Waals surface area contributed by atoms with Crippen LogP contribution >= 0.6 is 0 Å². The van der Waals surface area contributed by atoms with Crippen LogP contribution < -0.4 is 5.32 Å². The van der Waals surface area contributed by atoms with E-state index in [1.165, 1.54) is 6.92 Å². The number of amides is 1. The van der Waals surface area contributed by atoms with Crippen LogP contribution in [0.3, 0.4) is 0 Å². The van der Waals surface area contributed by atoms with E-state index in [0.29, 0.717) is 17.7 Å². The maximum Gasteiger partial charge on any atom is 0.340 e. The van der Waals surface area contributed by atoms with Crippen molar-refractivity contribution in [2.75, 3.05) is 5.32 Å². The van der Waals surface area contributed by atoms with Gasteiger partial charge < -0.3 is 10.1 Å². The molecule has 0 spiro atoms. The highest BCUT2D eigenvalue weighted by Gasteiger charge is 2.24. The average Bonchev–Trinajstić information content (AvgIpc) is 2.59.